The molecule has 1 fully saturated rings. The van der Waals surface area contributed by atoms with Crippen LogP contribution in [0.3, 0.4) is 0 Å². The van der Waals surface area contributed by atoms with Gasteiger partial charge in [0.1, 0.15) is 5.65 Å². The predicted molar refractivity (Wildman–Crippen MR) is 143 cm³/mol. The van der Waals surface area contributed by atoms with Crippen molar-refractivity contribution in [1.82, 2.24) is 14.9 Å². The lowest BCUT2D eigenvalue weighted by atomic mass is 9.94. The van der Waals surface area contributed by atoms with Gasteiger partial charge in [-0.1, -0.05) is 18.2 Å². The number of nitrogens with one attached hydrogen (secondary N) is 1. The molecule has 4 aromatic rings. The highest BCUT2D eigenvalue weighted by molar-refractivity contribution is 5.94. The molecule has 2 aromatic heterocycles. The van der Waals surface area contributed by atoms with Crippen molar-refractivity contribution < 1.29 is 4.79 Å². The van der Waals surface area contributed by atoms with Crippen molar-refractivity contribution in [3.63, 3.8) is 0 Å². The Kier molecular flexibility index (Phi) is 6.31. The number of aromatic nitrogens is 2. The van der Waals surface area contributed by atoms with E-state index in [9.17, 15) is 4.79 Å². The minimum absolute atomic E-state index is 0.371. The van der Waals surface area contributed by atoms with Gasteiger partial charge in [0.05, 0.1) is 0 Å². The van der Waals surface area contributed by atoms with Gasteiger partial charge in [-0.25, -0.2) is 4.98 Å². The molecule has 0 radical (unpaired) electrons. The van der Waals surface area contributed by atoms with Crippen LogP contribution in [0.2, 0.25) is 0 Å². The number of nitrogens with two attached hydrogens (primary N) is 1. The lowest BCUT2D eigenvalue weighted by Gasteiger charge is -2.34. The predicted octanol–water partition coefficient (Wildman–Crippen LogP) is 4.48. The van der Waals surface area contributed by atoms with Crippen LogP contribution in [0.5, 0.6) is 0 Å². The van der Waals surface area contributed by atoms with Crippen LogP contribution in [-0.4, -0.2) is 54.0 Å². The number of anilines is 1. The number of piperazine rings is 1. The van der Waals surface area contributed by atoms with Crippen LogP contribution < -0.4 is 10.6 Å². The molecular formula is C29H33N5O. The Morgan fingerprint density at radius 1 is 0.943 bits per heavy atom. The largest absolute Gasteiger partial charge is 0.369 e. The summed E-state index contributed by atoms with van der Waals surface area (Å²) < 4.78 is 0. The highest BCUT2D eigenvalue weighted by Crippen LogP contribution is 2.28. The summed E-state index contributed by atoms with van der Waals surface area (Å²) in [5, 5.41) is 1.16. The fourth-order valence-corrected chi connectivity index (χ4v) is 5.04. The van der Waals surface area contributed by atoms with Crippen LogP contribution in [0.4, 0.5) is 5.69 Å². The molecule has 0 spiro atoms. The molecule has 0 unspecified atom stereocenters. The number of aryl methyl sites for hydroxylation is 2. The number of benzene rings is 2. The maximum atomic E-state index is 11.6. The zero-order chi connectivity index (χ0) is 24.5. The van der Waals surface area contributed by atoms with Gasteiger partial charge < -0.3 is 20.5 Å². The molecule has 0 aliphatic carbocycles. The normalized spacial score (nSPS) is 14.5. The van der Waals surface area contributed by atoms with Crippen LogP contribution >= 0.6 is 0 Å². The lowest BCUT2D eigenvalue weighted by molar-refractivity contribution is 0.0999. The summed E-state index contributed by atoms with van der Waals surface area (Å²) in [5.74, 6) is -0.371. The summed E-state index contributed by atoms with van der Waals surface area (Å²) in [5.41, 5.74) is 15.2. The molecule has 0 bridgehead atoms. The van der Waals surface area contributed by atoms with Gasteiger partial charge >= 0.3 is 0 Å². The molecule has 180 valence electrons. The van der Waals surface area contributed by atoms with E-state index in [2.05, 4.69) is 65.3 Å². The Balaban J connectivity index is 1.35. The van der Waals surface area contributed by atoms with Gasteiger partial charge in [-0.15, -0.1) is 0 Å². The Hall–Kier alpha value is -3.64. The van der Waals surface area contributed by atoms with Gasteiger partial charge in [-0.3, -0.25) is 4.79 Å². The van der Waals surface area contributed by atoms with Crippen molar-refractivity contribution in [3.05, 3.63) is 82.7 Å². The average Bonchev–Trinajstić information content (AvgIpc) is 3.27. The summed E-state index contributed by atoms with van der Waals surface area (Å²) in [4.78, 5) is 24.5. The third-order valence-electron chi connectivity index (χ3n) is 7.51. The number of hydrogen-bond acceptors (Lipinski definition) is 4. The van der Waals surface area contributed by atoms with Gasteiger partial charge in [0.15, 0.2) is 0 Å². The quantitative estimate of drug-likeness (QED) is 0.438. The number of likely N-dealkylation sites (N-methyl/N-ethyl adjacent to an activating group) is 1. The smallest absolute Gasteiger partial charge is 0.248 e. The Bertz CT molecular complexity index is 1360. The molecule has 2 aromatic carbocycles. The zero-order valence-corrected chi connectivity index (χ0v) is 20.8. The first-order valence-corrected chi connectivity index (χ1v) is 12.3. The van der Waals surface area contributed by atoms with E-state index in [0.717, 1.165) is 66.7 Å². The first-order chi connectivity index (χ1) is 16.9. The number of aromatic amines is 1. The molecule has 3 N–H and O–H groups in total. The molecule has 1 aliphatic heterocycles. The Morgan fingerprint density at radius 2 is 1.66 bits per heavy atom. The molecule has 6 nitrogen and oxygen atoms in total. The number of H-pyrrole nitrogens is 1. The van der Waals surface area contributed by atoms with E-state index in [1.807, 2.05) is 25.3 Å². The zero-order valence-electron chi connectivity index (χ0n) is 20.8. The maximum absolute atomic E-state index is 11.6. The number of carbonyl (C=O) groups excluding carboxylic acids is 1. The number of fused-ring (bicyclic) bond motifs is 1. The third-order valence-corrected chi connectivity index (χ3v) is 7.51. The first kappa shape index (κ1) is 23.1. The monoisotopic (exact) mass is 467 g/mol. The fourth-order valence-electron chi connectivity index (χ4n) is 5.04. The number of carbonyl (C=O) groups is 1. The number of pyridine rings is 1. The summed E-state index contributed by atoms with van der Waals surface area (Å²) in [6.45, 7) is 8.38. The summed E-state index contributed by atoms with van der Waals surface area (Å²) in [6.07, 6.45) is 5.80. The topological polar surface area (TPSA) is 78.2 Å². The highest BCUT2D eigenvalue weighted by atomic mass is 16.1. The minimum atomic E-state index is -0.371. The van der Waals surface area contributed by atoms with E-state index >= 15 is 0 Å². The van der Waals surface area contributed by atoms with Crippen LogP contribution in [0.25, 0.3) is 22.2 Å². The molecule has 0 saturated carbocycles. The number of primary amides is 1. The lowest BCUT2D eigenvalue weighted by Crippen LogP contribution is -2.44. The van der Waals surface area contributed by atoms with Crippen molar-refractivity contribution >= 4 is 22.6 Å². The molecule has 6 heteroatoms. The van der Waals surface area contributed by atoms with Gasteiger partial charge in [0, 0.05) is 60.8 Å². The standard InChI is InChI=1S/C29H33N5O/c1-19-20(2)26(28(30)35)11-8-21(19)4-5-23-17-31-29-27(23)16-24(18-32-29)22-6-9-25(10-7-22)34-14-12-33(3)13-15-34/h6-11,16-18H,4-5,12-15H2,1-3H3,(H2,30,35)(H,31,32). The van der Waals surface area contributed by atoms with Crippen LogP contribution in [0.15, 0.2) is 54.9 Å². The average molecular weight is 468 g/mol. The van der Waals surface area contributed by atoms with E-state index in [1.165, 1.54) is 22.4 Å². The van der Waals surface area contributed by atoms with E-state index in [4.69, 9.17) is 10.7 Å². The molecule has 35 heavy (non-hydrogen) atoms. The van der Waals surface area contributed by atoms with E-state index < -0.39 is 0 Å². The number of nitrogens with zero attached hydrogens (tertiary/aromatic N) is 3. The number of rotatable bonds is 6. The summed E-state index contributed by atoms with van der Waals surface area (Å²) in [7, 11) is 2.18. The Morgan fingerprint density at radius 3 is 2.37 bits per heavy atom. The van der Waals surface area contributed by atoms with Crippen LogP contribution in [0.1, 0.15) is 32.6 Å². The number of amides is 1. The minimum Gasteiger partial charge on any atom is -0.369 e. The molecule has 3 heterocycles. The molecule has 1 aliphatic rings. The second kappa shape index (κ2) is 9.55. The van der Waals surface area contributed by atoms with Crippen molar-refractivity contribution in [1.29, 1.82) is 0 Å². The van der Waals surface area contributed by atoms with Crippen molar-refractivity contribution in [2.75, 3.05) is 38.1 Å². The third kappa shape index (κ3) is 4.66. The van der Waals surface area contributed by atoms with Gasteiger partial charge in [-0.2, -0.15) is 0 Å². The SMILES string of the molecule is Cc1c(CCc2c[nH]c3ncc(-c4ccc(N5CCN(C)CC5)cc4)cc23)ccc(C(N)=O)c1C. The molecule has 1 saturated heterocycles. The second-order valence-electron chi connectivity index (χ2n) is 9.66. The fraction of sp³-hybridized carbons (Fsp3) is 0.310. The first-order valence-electron chi connectivity index (χ1n) is 12.3. The van der Waals surface area contributed by atoms with E-state index in [1.54, 1.807) is 0 Å². The molecule has 0 atom stereocenters. The Labute approximate surface area is 206 Å². The summed E-state index contributed by atoms with van der Waals surface area (Å²) in [6, 6.07) is 15.0. The van der Waals surface area contributed by atoms with Crippen molar-refractivity contribution in [2.24, 2.45) is 5.73 Å². The molecular weight excluding hydrogens is 434 g/mol. The van der Waals surface area contributed by atoms with Gasteiger partial charge in [0.25, 0.3) is 0 Å². The number of hydrogen-bond donors (Lipinski definition) is 2. The van der Waals surface area contributed by atoms with Gasteiger partial charge in [-0.05, 0) is 85.8 Å². The highest BCUT2D eigenvalue weighted by Gasteiger charge is 2.15. The van der Waals surface area contributed by atoms with Crippen LogP contribution in [-0.2, 0) is 12.8 Å². The van der Waals surface area contributed by atoms with E-state index in [-0.39, 0.29) is 5.91 Å². The second-order valence-corrected chi connectivity index (χ2v) is 9.66. The van der Waals surface area contributed by atoms with Gasteiger partial charge in [0.2, 0.25) is 5.91 Å². The van der Waals surface area contributed by atoms with E-state index in [0.29, 0.717) is 5.56 Å². The molecule has 1 amide bonds. The maximum Gasteiger partial charge on any atom is 0.248 e. The van der Waals surface area contributed by atoms with Crippen molar-refractivity contribution in [3.8, 4) is 11.1 Å². The summed E-state index contributed by atoms with van der Waals surface area (Å²) >= 11 is 0. The van der Waals surface area contributed by atoms with Crippen LogP contribution in [0, 0.1) is 13.8 Å². The van der Waals surface area contributed by atoms with Crippen molar-refractivity contribution in [2.45, 2.75) is 26.7 Å². The molecule has 5 rings (SSSR count).